The van der Waals surface area contributed by atoms with Crippen LogP contribution < -0.4 is 4.74 Å². The summed E-state index contributed by atoms with van der Waals surface area (Å²) in [5.74, 6) is -1.92. The molecule has 0 atom stereocenters. The van der Waals surface area contributed by atoms with E-state index in [4.69, 9.17) is 10.00 Å². The Bertz CT molecular complexity index is 631. The standard InChI is InChI=1S/C15H11F2NO/c1-9-3-10(2)5-12(4-9)19-15-13(16)6-11(8-18)7-14(15)17/h3-7H,1-2H3. The summed E-state index contributed by atoms with van der Waals surface area (Å²) in [6.45, 7) is 3.73. The molecule has 0 fully saturated rings. The van der Waals surface area contributed by atoms with Gasteiger partial charge in [0.2, 0.25) is 0 Å². The van der Waals surface area contributed by atoms with Gasteiger partial charge in [0.25, 0.3) is 0 Å². The molecule has 0 saturated heterocycles. The molecule has 0 aliphatic heterocycles. The topological polar surface area (TPSA) is 33.0 Å². The normalized spacial score (nSPS) is 10.1. The molecule has 0 N–H and O–H groups in total. The van der Waals surface area contributed by atoms with E-state index >= 15 is 0 Å². The zero-order valence-corrected chi connectivity index (χ0v) is 10.5. The highest BCUT2D eigenvalue weighted by Gasteiger charge is 2.14. The van der Waals surface area contributed by atoms with E-state index in [2.05, 4.69) is 0 Å². The molecule has 0 aliphatic carbocycles. The zero-order chi connectivity index (χ0) is 14.0. The van der Waals surface area contributed by atoms with E-state index in [1.165, 1.54) is 0 Å². The molecule has 2 rings (SSSR count). The minimum absolute atomic E-state index is 0.0808. The van der Waals surface area contributed by atoms with Crippen LogP contribution >= 0.6 is 0 Å². The highest BCUT2D eigenvalue weighted by atomic mass is 19.1. The first-order valence-corrected chi connectivity index (χ1v) is 5.65. The number of ether oxygens (including phenoxy) is 1. The highest BCUT2D eigenvalue weighted by Crippen LogP contribution is 2.29. The number of hydrogen-bond acceptors (Lipinski definition) is 2. The molecule has 0 aromatic heterocycles. The second kappa shape index (κ2) is 5.07. The summed E-state index contributed by atoms with van der Waals surface area (Å²) in [7, 11) is 0. The lowest BCUT2D eigenvalue weighted by atomic mass is 10.1. The van der Waals surface area contributed by atoms with Crippen molar-refractivity contribution in [3.05, 3.63) is 58.7 Å². The van der Waals surface area contributed by atoms with Gasteiger partial charge >= 0.3 is 0 Å². The summed E-state index contributed by atoms with van der Waals surface area (Å²) in [5.41, 5.74) is 1.79. The third-order valence-corrected chi connectivity index (χ3v) is 2.54. The number of halogens is 2. The van der Waals surface area contributed by atoms with Gasteiger partial charge in [-0.3, -0.25) is 0 Å². The number of aryl methyl sites for hydroxylation is 2. The lowest BCUT2D eigenvalue weighted by molar-refractivity contribution is 0.407. The van der Waals surface area contributed by atoms with Gasteiger partial charge in [0, 0.05) is 0 Å². The molecule has 0 unspecified atom stereocenters. The van der Waals surface area contributed by atoms with Crippen LogP contribution in [-0.2, 0) is 0 Å². The Balaban J connectivity index is 2.41. The van der Waals surface area contributed by atoms with Crippen molar-refractivity contribution in [3.8, 4) is 17.6 Å². The fourth-order valence-corrected chi connectivity index (χ4v) is 1.83. The van der Waals surface area contributed by atoms with Crippen molar-refractivity contribution in [3.63, 3.8) is 0 Å². The zero-order valence-electron chi connectivity index (χ0n) is 10.5. The van der Waals surface area contributed by atoms with E-state index in [9.17, 15) is 8.78 Å². The quantitative estimate of drug-likeness (QED) is 0.807. The first kappa shape index (κ1) is 13.0. The molecule has 0 radical (unpaired) electrons. The molecule has 0 spiro atoms. The van der Waals surface area contributed by atoms with Crippen LogP contribution in [0, 0.1) is 36.8 Å². The van der Waals surface area contributed by atoms with E-state index < -0.39 is 17.4 Å². The van der Waals surface area contributed by atoms with Crippen LogP contribution in [0.1, 0.15) is 16.7 Å². The van der Waals surface area contributed by atoms with E-state index in [0.29, 0.717) is 5.75 Å². The summed E-state index contributed by atoms with van der Waals surface area (Å²) in [6, 6.07) is 8.87. The molecule has 0 heterocycles. The van der Waals surface area contributed by atoms with Gasteiger partial charge in [-0.25, -0.2) is 8.78 Å². The molecule has 2 aromatic carbocycles. The van der Waals surface area contributed by atoms with Crippen LogP contribution in [0.2, 0.25) is 0 Å². The summed E-state index contributed by atoms with van der Waals surface area (Å²) in [6.07, 6.45) is 0. The molecule has 4 heteroatoms. The molecule has 2 aromatic rings. The molecule has 96 valence electrons. The molecule has 0 amide bonds. The smallest absolute Gasteiger partial charge is 0.198 e. The summed E-state index contributed by atoms with van der Waals surface area (Å²) in [5, 5.41) is 8.62. The second-order valence-corrected chi connectivity index (χ2v) is 4.31. The minimum Gasteiger partial charge on any atom is -0.451 e. The Kier molecular flexibility index (Phi) is 3.48. The highest BCUT2D eigenvalue weighted by molar-refractivity contribution is 5.41. The van der Waals surface area contributed by atoms with E-state index in [1.807, 2.05) is 19.9 Å². The number of nitrogens with zero attached hydrogens (tertiary/aromatic N) is 1. The van der Waals surface area contributed by atoms with Gasteiger partial charge in [0.1, 0.15) is 5.75 Å². The average Bonchev–Trinajstić information content (AvgIpc) is 2.32. The van der Waals surface area contributed by atoms with Crippen molar-refractivity contribution in [2.45, 2.75) is 13.8 Å². The maximum atomic E-state index is 13.7. The van der Waals surface area contributed by atoms with Gasteiger partial charge in [-0.1, -0.05) is 6.07 Å². The lowest BCUT2D eigenvalue weighted by Crippen LogP contribution is -1.95. The third-order valence-electron chi connectivity index (χ3n) is 2.54. The van der Waals surface area contributed by atoms with Gasteiger partial charge in [0.15, 0.2) is 17.4 Å². The maximum absolute atomic E-state index is 13.7. The Hall–Kier alpha value is -2.41. The number of hydrogen-bond donors (Lipinski definition) is 0. The number of rotatable bonds is 2. The fourth-order valence-electron chi connectivity index (χ4n) is 1.83. The molecular formula is C15H11F2NO. The summed E-state index contributed by atoms with van der Waals surface area (Å²) in [4.78, 5) is 0. The van der Waals surface area contributed by atoms with Crippen LogP contribution in [0.3, 0.4) is 0 Å². The average molecular weight is 259 g/mol. The Labute approximate surface area is 109 Å². The minimum atomic E-state index is -0.893. The van der Waals surface area contributed by atoms with Crippen LogP contribution in [0.25, 0.3) is 0 Å². The molecule has 0 bridgehead atoms. The Morgan fingerprint density at radius 1 is 0.947 bits per heavy atom. The van der Waals surface area contributed by atoms with Crippen molar-refractivity contribution in [1.29, 1.82) is 5.26 Å². The molecule has 2 nitrogen and oxygen atoms in total. The lowest BCUT2D eigenvalue weighted by Gasteiger charge is -2.09. The monoisotopic (exact) mass is 259 g/mol. The number of nitriles is 1. The van der Waals surface area contributed by atoms with Crippen molar-refractivity contribution in [1.82, 2.24) is 0 Å². The fraction of sp³-hybridized carbons (Fsp3) is 0.133. The SMILES string of the molecule is Cc1cc(C)cc(Oc2c(F)cc(C#N)cc2F)c1. The van der Waals surface area contributed by atoms with Crippen molar-refractivity contribution < 1.29 is 13.5 Å². The maximum Gasteiger partial charge on any atom is 0.198 e. The van der Waals surface area contributed by atoms with Crippen LogP contribution in [0.15, 0.2) is 30.3 Å². The van der Waals surface area contributed by atoms with E-state index in [-0.39, 0.29) is 5.56 Å². The van der Waals surface area contributed by atoms with Crippen LogP contribution in [-0.4, -0.2) is 0 Å². The molecule has 0 aliphatic rings. The predicted octanol–water partition coefficient (Wildman–Crippen LogP) is 4.25. The van der Waals surface area contributed by atoms with Crippen molar-refractivity contribution >= 4 is 0 Å². The van der Waals surface area contributed by atoms with Crippen LogP contribution in [0.5, 0.6) is 11.5 Å². The van der Waals surface area contributed by atoms with Gasteiger partial charge < -0.3 is 4.74 Å². The first-order valence-electron chi connectivity index (χ1n) is 5.65. The molecule has 19 heavy (non-hydrogen) atoms. The van der Waals surface area contributed by atoms with E-state index in [0.717, 1.165) is 23.3 Å². The van der Waals surface area contributed by atoms with E-state index in [1.54, 1.807) is 18.2 Å². The summed E-state index contributed by atoms with van der Waals surface area (Å²) >= 11 is 0. The van der Waals surface area contributed by atoms with Crippen molar-refractivity contribution in [2.24, 2.45) is 0 Å². The first-order chi connectivity index (χ1) is 8.99. The van der Waals surface area contributed by atoms with Crippen LogP contribution in [0.4, 0.5) is 8.78 Å². The van der Waals surface area contributed by atoms with Gasteiger partial charge in [0.05, 0.1) is 11.6 Å². The van der Waals surface area contributed by atoms with Gasteiger partial charge in [-0.05, 0) is 49.2 Å². The molecular weight excluding hydrogens is 248 g/mol. The Morgan fingerprint density at radius 2 is 1.47 bits per heavy atom. The summed E-state index contributed by atoms with van der Waals surface area (Å²) < 4.78 is 32.6. The predicted molar refractivity (Wildman–Crippen MR) is 67.1 cm³/mol. The van der Waals surface area contributed by atoms with Gasteiger partial charge in [-0.15, -0.1) is 0 Å². The largest absolute Gasteiger partial charge is 0.451 e. The third kappa shape index (κ3) is 2.89. The number of benzene rings is 2. The second-order valence-electron chi connectivity index (χ2n) is 4.31. The van der Waals surface area contributed by atoms with Crippen molar-refractivity contribution in [2.75, 3.05) is 0 Å². The van der Waals surface area contributed by atoms with Gasteiger partial charge in [-0.2, -0.15) is 5.26 Å². The molecule has 0 saturated carbocycles. The Morgan fingerprint density at radius 3 is 1.95 bits per heavy atom.